The Morgan fingerprint density at radius 1 is 1.09 bits per heavy atom. The molecular weight excluding hydrogens is 440 g/mol. The first-order valence-electron chi connectivity index (χ1n) is 7.95. The number of hydrogen-bond donors (Lipinski definition) is 0. The Morgan fingerprint density at radius 3 is 2.30 bits per heavy atom. The Morgan fingerprint density at radius 2 is 1.74 bits per heavy atom. The number of rotatable bonds is 4. The Kier molecular flexibility index (Phi) is 9.74. The number of ether oxygens (including phenoxy) is 1. The van der Waals surface area contributed by atoms with Gasteiger partial charge in [0.2, 0.25) is 0 Å². The zero-order chi connectivity index (χ0) is 14.8. The summed E-state index contributed by atoms with van der Waals surface area (Å²) < 4.78 is 6.12. The topological polar surface area (TPSA) is 29.8 Å². The minimum atomic E-state index is 0. The van der Waals surface area contributed by atoms with Crippen LogP contribution in [0.2, 0.25) is 0 Å². The summed E-state index contributed by atoms with van der Waals surface area (Å²) in [4.78, 5) is 4.70. The van der Waals surface area contributed by atoms with E-state index >= 15 is 0 Å². The fraction of sp³-hybridized carbons (Fsp3) is 0.647. The van der Waals surface area contributed by atoms with E-state index in [0.29, 0.717) is 5.92 Å². The normalized spacial score (nSPS) is 18.7. The van der Waals surface area contributed by atoms with E-state index in [1.165, 1.54) is 42.7 Å². The van der Waals surface area contributed by atoms with Crippen molar-refractivity contribution in [1.82, 2.24) is 4.90 Å². The van der Waals surface area contributed by atoms with Gasteiger partial charge < -0.3 is 19.9 Å². The molecule has 0 atom stereocenters. The number of piperidine rings is 1. The van der Waals surface area contributed by atoms with E-state index in [9.17, 15) is 0 Å². The maximum Gasteiger partial charge on any atom is 0.122 e. The summed E-state index contributed by atoms with van der Waals surface area (Å²) in [5, 5.41) is 4.26. The number of benzene rings is 1. The first-order valence-corrected chi connectivity index (χ1v) is 7.95. The van der Waals surface area contributed by atoms with E-state index in [4.69, 9.17) is 4.74 Å². The zero-order valence-electron chi connectivity index (χ0n) is 14.6. The predicted molar refractivity (Wildman–Crippen MR) is 87.2 cm³/mol. The molecule has 122 valence electrons. The van der Waals surface area contributed by atoms with Gasteiger partial charge in [-0.2, -0.15) is 0 Å². The molecule has 0 amide bonds. The van der Waals surface area contributed by atoms with Gasteiger partial charge in [-0.05, 0) is 76.0 Å². The second-order valence-corrected chi connectivity index (χ2v) is 6.44. The van der Waals surface area contributed by atoms with Crippen molar-refractivity contribution in [3.63, 3.8) is 0 Å². The van der Waals surface area contributed by atoms with Crippen molar-refractivity contribution >= 4 is 5.69 Å². The fourth-order valence-electron chi connectivity index (χ4n) is 3.07. The third-order valence-electron chi connectivity index (χ3n) is 4.90. The van der Waals surface area contributed by atoms with Crippen LogP contribution < -0.4 is 9.64 Å². The van der Waals surface area contributed by atoms with Crippen LogP contribution >= 0.6 is 0 Å². The van der Waals surface area contributed by atoms with Crippen LogP contribution in [0.25, 0.3) is 5.32 Å². The maximum atomic E-state index is 6.12. The number of nitrogens with zero attached hydrogens (tertiary/aromatic N) is 3. The van der Waals surface area contributed by atoms with Crippen LogP contribution in [0.1, 0.15) is 24.0 Å². The molecule has 2 radical (unpaired) electrons. The first kappa shape index (κ1) is 22.0. The molecular formula is C17H26N3OY2-. The average Bonchev–Trinajstić information content (AvgIpc) is 2.43. The SMILES string of the molecule is Cc1c(OCC2CCN(C)CC2)ccc(N2C[N-]C2)c1C.[Y].[Y]. The van der Waals surface area contributed by atoms with E-state index in [-0.39, 0.29) is 65.4 Å². The standard InChI is InChI=1S/C17H26N3O.2Y/c1-13-14(2)17(5-4-16(13)20-11-18-12-20)21-10-15-6-8-19(3)9-7-15;;/h4-5,15H,6-12H2,1-3H3;;/q-1;;. The molecule has 0 aromatic heterocycles. The third-order valence-corrected chi connectivity index (χ3v) is 4.90. The zero-order valence-corrected chi connectivity index (χ0v) is 20.3. The summed E-state index contributed by atoms with van der Waals surface area (Å²) in [5.74, 6) is 1.75. The smallest absolute Gasteiger partial charge is 0.122 e. The number of anilines is 1. The Bertz CT molecular complexity index is 501. The van der Waals surface area contributed by atoms with Crippen molar-refractivity contribution in [2.24, 2.45) is 5.92 Å². The summed E-state index contributed by atoms with van der Waals surface area (Å²) in [6.45, 7) is 9.26. The molecule has 2 saturated heterocycles. The second-order valence-electron chi connectivity index (χ2n) is 6.44. The first-order chi connectivity index (χ1) is 10.1. The molecule has 23 heavy (non-hydrogen) atoms. The van der Waals surface area contributed by atoms with Gasteiger partial charge in [0.15, 0.2) is 0 Å². The summed E-state index contributed by atoms with van der Waals surface area (Å²) in [6, 6.07) is 4.31. The van der Waals surface area contributed by atoms with Crippen LogP contribution in [0.15, 0.2) is 12.1 Å². The molecule has 0 spiro atoms. The van der Waals surface area contributed by atoms with Gasteiger partial charge in [0.25, 0.3) is 0 Å². The molecule has 0 aliphatic carbocycles. The third kappa shape index (κ3) is 5.46. The van der Waals surface area contributed by atoms with Crippen LogP contribution in [0.4, 0.5) is 5.69 Å². The van der Waals surface area contributed by atoms with Gasteiger partial charge in [0.05, 0.1) is 6.61 Å². The van der Waals surface area contributed by atoms with E-state index in [1.807, 2.05) is 0 Å². The largest absolute Gasteiger partial charge is 0.628 e. The van der Waals surface area contributed by atoms with Crippen LogP contribution in [0.3, 0.4) is 0 Å². The van der Waals surface area contributed by atoms with Crippen LogP contribution in [0.5, 0.6) is 5.75 Å². The molecule has 6 heteroatoms. The Hall–Kier alpha value is 0.948. The minimum Gasteiger partial charge on any atom is -0.628 e. The molecule has 2 fully saturated rings. The van der Waals surface area contributed by atoms with Gasteiger partial charge in [0.1, 0.15) is 5.75 Å². The second kappa shape index (κ2) is 10.2. The van der Waals surface area contributed by atoms with Crippen LogP contribution in [-0.4, -0.2) is 45.0 Å². The average molecular weight is 466 g/mol. The van der Waals surface area contributed by atoms with Gasteiger partial charge in [0, 0.05) is 71.1 Å². The Labute approximate surface area is 190 Å². The van der Waals surface area contributed by atoms with Crippen molar-refractivity contribution in [1.29, 1.82) is 0 Å². The summed E-state index contributed by atoms with van der Waals surface area (Å²) in [6.07, 6.45) is 2.50. The maximum absolute atomic E-state index is 6.12. The molecule has 2 aliphatic rings. The van der Waals surface area contributed by atoms with Crippen molar-refractivity contribution < 1.29 is 70.2 Å². The number of hydrogen-bond acceptors (Lipinski definition) is 3. The van der Waals surface area contributed by atoms with Gasteiger partial charge in [-0.1, -0.05) is 13.3 Å². The number of likely N-dealkylation sites (tertiary alicyclic amines) is 1. The molecule has 4 nitrogen and oxygen atoms in total. The Balaban J connectivity index is 0.00000132. The van der Waals surface area contributed by atoms with Gasteiger partial charge in [-0.25, -0.2) is 0 Å². The van der Waals surface area contributed by atoms with Crippen molar-refractivity contribution in [3.05, 3.63) is 28.6 Å². The van der Waals surface area contributed by atoms with Crippen molar-refractivity contribution in [3.8, 4) is 5.75 Å². The fourth-order valence-corrected chi connectivity index (χ4v) is 3.07. The summed E-state index contributed by atoms with van der Waals surface area (Å²) in [5.41, 5.74) is 3.90. The summed E-state index contributed by atoms with van der Waals surface area (Å²) >= 11 is 0. The summed E-state index contributed by atoms with van der Waals surface area (Å²) in [7, 11) is 2.20. The van der Waals surface area contributed by atoms with Crippen LogP contribution in [-0.2, 0) is 65.4 Å². The molecule has 1 aromatic rings. The van der Waals surface area contributed by atoms with Gasteiger partial charge in [-0.15, -0.1) is 0 Å². The van der Waals surface area contributed by atoms with E-state index in [0.717, 1.165) is 25.7 Å². The molecule has 0 bridgehead atoms. The molecule has 0 N–H and O–H groups in total. The van der Waals surface area contributed by atoms with E-state index < -0.39 is 0 Å². The molecule has 3 rings (SSSR count). The minimum absolute atomic E-state index is 0. The molecule has 2 heterocycles. The molecule has 1 aromatic carbocycles. The van der Waals surface area contributed by atoms with Gasteiger partial charge in [-0.3, -0.25) is 0 Å². The molecule has 0 saturated carbocycles. The molecule has 2 aliphatic heterocycles. The molecule has 0 unspecified atom stereocenters. The monoisotopic (exact) mass is 466 g/mol. The van der Waals surface area contributed by atoms with Crippen molar-refractivity contribution in [2.75, 3.05) is 45.0 Å². The van der Waals surface area contributed by atoms with E-state index in [1.54, 1.807) is 0 Å². The van der Waals surface area contributed by atoms with Crippen molar-refractivity contribution in [2.45, 2.75) is 26.7 Å². The van der Waals surface area contributed by atoms with E-state index in [2.05, 4.69) is 48.1 Å². The quantitative estimate of drug-likeness (QED) is 0.684. The van der Waals surface area contributed by atoms with Crippen LogP contribution in [0, 0.1) is 19.8 Å². The predicted octanol–water partition coefficient (Wildman–Crippen LogP) is 3.13. The van der Waals surface area contributed by atoms with Gasteiger partial charge >= 0.3 is 0 Å².